The summed E-state index contributed by atoms with van der Waals surface area (Å²) < 4.78 is 1.41. The summed E-state index contributed by atoms with van der Waals surface area (Å²) in [6, 6.07) is 3.07. The summed E-state index contributed by atoms with van der Waals surface area (Å²) in [7, 11) is 1.67. The van der Waals surface area contributed by atoms with Crippen LogP contribution in [-0.4, -0.2) is 50.8 Å². The van der Waals surface area contributed by atoms with Crippen molar-refractivity contribution >= 4 is 11.9 Å². The Balaban J connectivity index is 2.14. The van der Waals surface area contributed by atoms with Crippen molar-refractivity contribution in [2.45, 2.75) is 44.4 Å². The summed E-state index contributed by atoms with van der Waals surface area (Å²) in [6.07, 6.45) is 4.54. The summed E-state index contributed by atoms with van der Waals surface area (Å²) in [4.78, 5) is 24.8. The van der Waals surface area contributed by atoms with Gasteiger partial charge in [-0.2, -0.15) is 0 Å². The number of carboxylic acid groups (broad SMARTS) is 1. The first-order valence-corrected chi connectivity index (χ1v) is 6.83. The minimum atomic E-state index is -0.990. The van der Waals surface area contributed by atoms with E-state index in [1.165, 1.54) is 9.47 Å². The van der Waals surface area contributed by atoms with Gasteiger partial charge in [0.25, 0.3) is 5.91 Å². The Morgan fingerprint density at radius 1 is 1.40 bits per heavy atom. The van der Waals surface area contributed by atoms with Crippen molar-refractivity contribution in [2.24, 2.45) is 0 Å². The van der Waals surface area contributed by atoms with E-state index < -0.39 is 12.1 Å². The van der Waals surface area contributed by atoms with Gasteiger partial charge in [0, 0.05) is 13.2 Å². The zero-order valence-corrected chi connectivity index (χ0v) is 11.5. The average Bonchev–Trinajstić information content (AvgIpc) is 2.85. The molecule has 1 aromatic rings. The molecule has 0 bridgehead atoms. The molecule has 0 radical (unpaired) electrons. The van der Waals surface area contributed by atoms with Crippen molar-refractivity contribution in [3.05, 3.63) is 24.0 Å². The molecule has 20 heavy (non-hydrogen) atoms. The molecule has 1 amide bonds. The van der Waals surface area contributed by atoms with Crippen LogP contribution in [0.25, 0.3) is 0 Å². The zero-order valence-electron chi connectivity index (χ0n) is 11.5. The molecule has 0 aliphatic heterocycles. The maximum absolute atomic E-state index is 12.5. The van der Waals surface area contributed by atoms with Crippen LogP contribution >= 0.6 is 0 Å². The first-order chi connectivity index (χ1) is 9.50. The Labute approximate surface area is 117 Å². The molecule has 2 atom stereocenters. The number of carboxylic acids is 1. The highest BCUT2D eigenvalue weighted by molar-refractivity contribution is 5.93. The molecule has 1 aliphatic carbocycles. The minimum Gasteiger partial charge on any atom is -0.480 e. The Kier molecular flexibility index (Phi) is 4.44. The molecule has 1 fully saturated rings. The summed E-state index contributed by atoms with van der Waals surface area (Å²) in [6.45, 7) is -0.241. The highest BCUT2D eigenvalue weighted by atomic mass is 16.4. The SMILES string of the molecule is CN(C(=O)c1cccn1CC(=O)O)C1CCCCC1O. The fraction of sp³-hybridized carbons (Fsp3) is 0.571. The fourth-order valence-electron chi connectivity index (χ4n) is 2.77. The number of rotatable bonds is 4. The van der Waals surface area contributed by atoms with Gasteiger partial charge < -0.3 is 19.7 Å². The van der Waals surface area contributed by atoms with Crippen LogP contribution in [0.2, 0.25) is 0 Å². The molecule has 1 aromatic heterocycles. The maximum Gasteiger partial charge on any atom is 0.323 e. The molecule has 1 aliphatic rings. The van der Waals surface area contributed by atoms with Gasteiger partial charge in [-0.25, -0.2) is 0 Å². The van der Waals surface area contributed by atoms with Crippen LogP contribution in [0.15, 0.2) is 18.3 Å². The lowest BCUT2D eigenvalue weighted by Crippen LogP contribution is -2.46. The number of likely N-dealkylation sites (N-methyl/N-ethyl adjacent to an activating group) is 1. The molecule has 2 N–H and O–H groups in total. The van der Waals surface area contributed by atoms with Crippen molar-refractivity contribution in [1.82, 2.24) is 9.47 Å². The Hall–Kier alpha value is -1.82. The predicted molar refractivity (Wildman–Crippen MR) is 72.4 cm³/mol. The first kappa shape index (κ1) is 14.6. The van der Waals surface area contributed by atoms with E-state index in [-0.39, 0.29) is 18.5 Å². The van der Waals surface area contributed by atoms with Crippen molar-refractivity contribution in [3.8, 4) is 0 Å². The van der Waals surface area contributed by atoms with E-state index in [9.17, 15) is 14.7 Å². The third-order valence-corrected chi connectivity index (χ3v) is 3.87. The third kappa shape index (κ3) is 3.01. The molecule has 2 unspecified atom stereocenters. The largest absolute Gasteiger partial charge is 0.480 e. The number of aliphatic carboxylic acids is 1. The number of aliphatic hydroxyl groups is 1. The third-order valence-electron chi connectivity index (χ3n) is 3.87. The number of amides is 1. The van der Waals surface area contributed by atoms with Crippen molar-refractivity contribution in [1.29, 1.82) is 0 Å². The van der Waals surface area contributed by atoms with E-state index in [1.807, 2.05) is 0 Å². The van der Waals surface area contributed by atoms with Gasteiger partial charge in [-0.3, -0.25) is 9.59 Å². The summed E-state index contributed by atoms with van der Waals surface area (Å²) in [5, 5.41) is 18.8. The Morgan fingerprint density at radius 3 is 2.75 bits per heavy atom. The molecule has 2 rings (SSSR count). The molecule has 0 saturated heterocycles. The van der Waals surface area contributed by atoms with Gasteiger partial charge >= 0.3 is 5.97 Å². The van der Waals surface area contributed by atoms with Gasteiger partial charge in [0.2, 0.25) is 0 Å². The second kappa shape index (κ2) is 6.09. The van der Waals surface area contributed by atoms with Crippen LogP contribution in [0.3, 0.4) is 0 Å². The van der Waals surface area contributed by atoms with E-state index >= 15 is 0 Å². The summed E-state index contributed by atoms with van der Waals surface area (Å²) >= 11 is 0. The topological polar surface area (TPSA) is 82.8 Å². The Bertz CT molecular complexity index is 497. The number of hydrogen-bond donors (Lipinski definition) is 2. The Morgan fingerprint density at radius 2 is 2.10 bits per heavy atom. The lowest BCUT2D eigenvalue weighted by atomic mass is 9.91. The van der Waals surface area contributed by atoms with Crippen LogP contribution in [0.1, 0.15) is 36.2 Å². The minimum absolute atomic E-state index is 0.190. The lowest BCUT2D eigenvalue weighted by molar-refractivity contribution is -0.137. The van der Waals surface area contributed by atoms with E-state index in [0.29, 0.717) is 12.1 Å². The second-order valence-electron chi connectivity index (χ2n) is 5.25. The van der Waals surface area contributed by atoms with Crippen molar-refractivity contribution < 1.29 is 19.8 Å². The van der Waals surface area contributed by atoms with Crippen LogP contribution < -0.4 is 0 Å². The van der Waals surface area contributed by atoms with E-state index in [4.69, 9.17) is 5.11 Å². The van der Waals surface area contributed by atoms with Gasteiger partial charge in [0.15, 0.2) is 0 Å². The van der Waals surface area contributed by atoms with Crippen LogP contribution in [-0.2, 0) is 11.3 Å². The average molecular weight is 280 g/mol. The van der Waals surface area contributed by atoms with Crippen LogP contribution in [0, 0.1) is 0 Å². The summed E-state index contributed by atoms with van der Waals surface area (Å²) in [5.74, 6) is -1.24. The van der Waals surface area contributed by atoms with Gasteiger partial charge in [-0.05, 0) is 25.0 Å². The molecule has 1 saturated carbocycles. The standard InChI is InChI=1S/C14H20N2O4/c1-15(10-5-2-3-7-12(10)17)14(20)11-6-4-8-16(11)9-13(18)19/h4,6,8,10,12,17H,2-3,5,7,9H2,1H3,(H,18,19). The van der Waals surface area contributed by atoms with Crippen molar-refractivity contribution in [2.75, 3.05) is 7.05 Å². The maximum atomic E-state index is 12.5. The van der Waals surface area contributed by atoms with Gasteiger partial charge in [-0.1, -0.05) is 12.8 Å². The lowest BCUT2D eigenvalue weighted by Gasteiger charge is -2.35. The van der Waals surface area contributed by atoms with E-state index in [2.05, 4.69) is 0 Å². The quantitative estimate of drug-likeness (QED) is 0.860. The predicted octanol–water partition coefficient (Wildman–Crippen LogP) is 0.948. The zero-order chi connectivity index (χ0) is 14.7. The molecule has 6 heteroatoms. The molecule has 0 aromatic carbocycles. The number of aliphatic hydroxyl groups excluding tert-OH is 1. The number of carbonyl (C=O) groups is 2. The molecule has 6 nitrogen and oxygen atoms in total. The summed E-state index contributed by atoms with van der Waals surface area (Å²) in [5.41, 5.74) is 0.340. The monoisotopic (exact) mass is 280 g/mol. The second-order valence-corrected chi connectivity index (χ2v) is 5.25. The number of nitrogens with zero attached hydrogens (tertiary/aromatic N) is 2. The number of carbonyl (C=O) groups excluding carboxylic acids is 1. The first-order valence-electron chi connectivity index (χ1n) is 6.83. The molecule has 1 heterocycles. The molecule has 110 valence electrons. The van der Waals surface area contributed by atoms with E-state index in [1.54, 1.807) is 25.4 Å². The highest BCUT2D eigenvalue weighted by Gasteiger charge is 2.30. The van der Waals surface area contributed by atoms with Crippen LogP contribution in [0.4, 0.5) is 0 Å². The fourth-order valence-corrected chi connectivity index (χ4v) is 2.77. The van der Waals surface area contributed by atoms with Crippen LogP contribution in [0.5, 0.6) is 0 Å². The number of hydrogen-bond acceptors (Lipinski definition) is 3. The number of aromatic nitrogens is 1. The van der Waals surface area contributed by atoms with Gasteiger partial charge in [0.1, 0.15) is 12.2 Å². The van der Waals surface area contributed by atoms with Gasteiger partial charge in [-0.15, -0.1) is 0 Å². The van der Waals surface area contributed by atoms with Crippen molar-refractivity contribution in [3.63, 3.8) is 0 Å². The normalized spacial score (nSPS) is 22.5. The molecule has 0 spiro atoms. The molecular weight excluding hydrogens is 260 g/mol. The smallest absolute Gasteiger partial charge is 0.323 e. The van der Waals surface area contributed by atoms with E-state index in [0.717, 1.165) is 19.3 Å². The molecular formula is C14H20N2O4. The highest BCUT2D eigenvalue weighted by Crippen LogP contribution is 2.23. The van der Waals surface area contributed by atoms with Gasteiger partial charge in [0.05, 0.1) is 12.1 Å².